The first-order chi connectivity index (χ1) is 15.8. The van der Waals surface area contributed by atoms with Gasteiger partial charge in [-0.2, -0.15) is 0 Å². The molecule has 0 unspecified atom stereocenters. The van der Waals surface area contributed by atoms with E-state index in [1.807, 2.05) is 20.8 Å². The Balaban J connectivity index is 2.47. The number of rotatable bonds is 13. The lowest BCUT2D eigenvalue weighted by molar-refractivity contribution is -0.129. The maximum atomic E-state index is 12.2. The van der Waals surface area contributed by atoms with Gasteiger partial charge in [-0.15, -0.1) is 0 Å². The van der Waals surface area contributed by atoms with Gasteiger partial charge in [-0.05, 0) is 44.9 Å². The summed E-state index contributed by atoms with van der Waals surface area (Å²) in [6, 6.07) is 5.07. The quantitative estimate of drug-likeness (QED) is 0.191. The molecule has 0 saturated heterocycles. The van der Waals surface area contributed by atoms with Crippen molar-refractivity contribution < 1.29 is 28.7 Å². The fourth-order valence-corrected chi connectivity index (χ4v) is 2.72. The Kier molecular flexibility index (Phi) is 11.0. The van der Waals surface area contributed by atoms with Gasteiger partial charge in [-0.3, -0.25) is 24.0 Å². The summed E-state index contributed by atoms with van der Waals surface area (Å²) in [5.41, 5.74) is 16.4. The minimum atomic E-state index is -0.992. The van der Waals surface area contributed by atoms with Crippen LogP contribution in [0.5, 0.6) is 5.75 Å². The van der Waals surface area contributed by atoms with Crippen LogP contribution >= 0.6 is 0 Å². The maximum absolute atomic E-state index is 12.2. The first-order valence-electron chi connectivity index (χ1n) is 10.7. The average molecular weight is 479 g/mol. The van der Waals surface area contributed by atoms with E-state index in [0.717, 1.165) is 5.56 Å². The van der Waals surface area contributed by atoms with E-state index < -0.39 is 54.7 Å². The normalized spacial score (nSPS) is 12.7. The van der Waals surface area contributed by atoms with E-state index in [0.29, 0.717) is 5.75 Å². The fraction of sp³-hybridized carbons (Fsp3) is 0.500. The largest absolute Gasteiger partial charge is 0.488 e. The molecular weight excluding hydrogens is 444 g/mol. The first kappa shape index (κ1) is 28.4. The van der Waals surface area contributed by atoms with Crippen LogP contribution in [0.2, 0.25) is 0 Å². The molecule has 2 atom stereocenters. The van der Waals surface area contributed by atoms with E-state index in [1.165, 1.54) is 0 Å². The number of carbonyl (C=O) groups excluding carboxylic acids is 5. The standard InChI is InChI=1S/C22H34N6O6/c1-22(2,3)34-14-6-4-13(5-7-14)10-16(20(25)32)28-19(31)12-26-18(30)11-27-21(33)15(23)8-9-17(24)29/h4-7,15-16H,8-12,23H2,1-3H3,(H2,24,29)(H2,25,32)(H,26,30)(H,27,33)(H,28,31)/t15-,16-/m0/s1. The minimum absolute atomic E-state index is 0.0477. The molecule has 0 aromatic heterocycles. The van der Waals surface area contributed by atoms with Gasteiger partial charge in [0.1, 0.15) is 17.4 Å². The van der Waals surface area contributed by atoms with Crippen LogP contribution in [-0.4, -0.2) is 60.3 Å². The van der Waals surface area contributed by atoms with Crippen LogP contribution in [0.1, 0.15) is 39.2 Å². The molecule has 12 nitrogen and oxygen atoms in total. The lowest BCUT2D eigenvalue weighted by atomic mass is 10.0. The van der Waals surface area contributed by atoms with Crippen molar-refractivity contribution in [2.75, 3.05) is 13.1 Å². The number of carbonyl (C=O) groups is 5. The van der Waals surface area contributed by atoms with Gasteiger partial charge < -0.3 is 37.9 Å². The molecule has 0 aliphatic carbocycles. The monoisotopic (exact) mass is 478 g/mol. The Labute approximate surface area is 198 Å². The Morgan fingerprint density at radius 3 is 2.06 bits per heavy atom. The lowest BCUT2D eigenvalue weighted by Crippen LogP contribution is -2.50. The first-order valence-corrected chi connectivity index (χ1v) is 10.7. The minimum Gasteiger partial charge on any atom is -0.488 e. The summed E-state index contributed by atoms with van der Waals surface area (Å²) >= 11 is 0. The highest BCUT2D eigenvalue weighted by molar-refractivity contribution is 5.91. The van der Waals surface area contributed by atoms with E-state index in [4.69, 9.17) is 21.9 Å². The fourth-order valence-electron chi connectivity index (χ4n) is 2.72. The summed E-state index contributed by atoms with van der Waals surface area (Å²) in [7, 11) is 0. The van der Waals surface area contributed by atoms with E-state index in [-0.39, 0.29) is 24.9 Å². The predicted octanol–water partition coefficient (Wildman–Crippen LogP) is -1.80. The average Bonchev–Trinajstić information content (AvgIpc) is 2.73. The number of benzene rings is 1. The van der Waals surface area contributed by atoms with Crippen molar-refractivity contribution in [2.45, 2.75) is 57.7 Å². The van der Waals surface area contributed by atoms with Gasteiger partial charge in [0.15, 0.2) is 0 Å². The molecule has 0 bridgehead atoms. The van der Waals surface area contributed by atoms with E-state index in [2.05, 4.69) is 16.0 Å². The molecule has 0 spiro atoms. The van der Waals surface area contributed by atoms with Crippen molar-refractivity contribution in [3.05, 3.63) is 29.8 Å². The van der Waals surface area contributed by atoms with Gasteiger partial charge in [-0.25, -0.2) is 0 Å². The molecule has 0 heterocycles. The van der Waals surface area contributed by atoms with E-state index in [1.54, 1.807) is 24.3 Å². The third-order valence-corrected chi connectivity index (χ3v) is 4.37. The highest BCUT2D eigenvalue weighted by atomic mass is 16.5. The molecule has 12 heteroatoms. The molecule has 0 saturated carbocycles. The van der Waals surface area contributed by atoms with Gasteiger partial charge in [0.05, 0.1) is 19.1 Å². The molecule has 1 aromatic carbocycles. The Morgan fingerprint density at radius 2 is 1.53 bits per heavy atom. The van der Waals surface area contributed by atoms with Gasteiger partial charge in [0.25, 0.3) is 0 Å². The number of ether oxygens (including phenoxy) is 1. The highest BCUT2D eigenvalue weighted by Gasteiger charge is 2.20. The number of nitrogens with two attached hydrogens (primary N) is 3. The lowest BCUT2D eigenvalue weighted by Gasteiger charge is -2.21. The van der Waals surface area contributed by atoms with E-state index >= 15 is 0 Å². The number of primary amides is 2. The zero-order chi connectivity index (χ0) is 25.9. The third kappa shape index (κ3) is 11.8. The molecule has 188 valence electrons. The van der Waals surface area contributed by atoms with Gasteiger partial charge >= 0.3 is 0 Å². The molecule has 0 aliphatic heterocycles. The summed E-state index contributed by atoms with van der Waals surface area (Å²) < 4.78 is 5.74. The van der Waals surface area contributed by atoms with Gasteiger partial charge in [-0.1, -0.05) is 12.1 Å². The topological polar surface area (TPSA) is 209 Å². The maximum Gasteiger partial charge on any atom is 0.240 e. The summed E-state index contributed by atoms with van der Waals surface area (Å²) in [6.45, 7) is 4.93. The van der Waals surface area contributed by atoms with Crippen molar-refractivity contribution in [1.29, 1.82) is 0 Å². The summed E-state index contributed by atoms with van der Waals surface area (Å²) in [5, 5.41) is 7.08. The molecule has 0 aliphatic rings. The third-order valence-electron chi connectivity index (χ3n) is 4.37. The molecule has 0 fully saturated rings. The van der Waals surface area contributed by atoms with Crippen LogP contribution in [0, 0.1) is 0 Å². The highest BCUT2D eigenvalue weighted by Crippen LogP contribution is 2.19. The van der Waals surface area contributed by atoms with Gasteiger partial charge in [0, 0.05) is 12.8 Å². The van der Waals surface area contributed by atoms with Crippen molar-refractivity contribution in [1.82, 2.24) is 16.0 Å². The molecule has 9 N–H and O–H groups in total. The second-order valence-electron chi connectivity index (χ2n) is 8.69. The zero-order valence-corrected chi connectivity index (χ0v) is 19.7. The van der Waals surface area contributed by atoms with Crippen LogP contribution in [0.4, 0.5) is 0 Å². The number of hydrogen-bond donors (Lipinski definition) is 6. The van der Waals surface area contributed by atoms with Crippen LogP contribution in [0.3, 0.4) is 0 Å². The summed E-state index contributed by atoms with van der Waals surface area (Å²) in [6.07, 6.45) is 0.146. The van der Waals surface area contributed by atoms with Crippen molar-refractivity contribution in [3.8, 4) is 5.75 Å². The Hall–Kier alpha value is -3.67. The van der Waals surface area contributed by atoms with Crippen molar-refractivity contribution >= 4 is 29.5 Å². The molecule has 0 radical (unpaired) electrons. The Bertz CT molecular complexity index is 881. The molecule has 5 amide bonds. The van der Waals surface area contributed by atoms with Crippen LogP contribution < -0.4 is 37.9 Å². The smallest absolute Gasteiger partial charge is 0.240 e. The van der Waals surface area contributed by atoms with Crippen LogP contribution in [-0.2, 0) is 30.4 Å². The number of hydrogen-bond acceptors (Lipinski definition) is 7. The summed E-state index contributed by atoms with van der Waals surface area (Å²) in [5.74, 6) is -2.56. The summed E-state index contributed by atoms with van der Waals surface area (Å²) in [4.78, 5) is 58.3. The SMILES string of the molecule is CC(C)(C)Oc1ccc(C[C@H](NC(=O)CNC(=O)CNC(=O)[C@@H](N)CCC(N)=O)C(N)=O)cc1. The number of amides is 5. The van der Waals surface area contributed by atoms with Crippen LogP contribution in [0.25, 0.3) is 0 Å². The molecule has 34 heavy (non-hydrogen) atoms. The zero-order valence-electron chi connectivity index (χ0n) is 19.7. The molecule has 1 aromatic rings. The Morgan fingerprint density at radius 1 is 0.941 bits per heavy atom. The predicted molar refractivity (Wildman–Crippen MR) is 124 cm³/mol. The number of nitrogens with one attached hydrogen (secondary N) is 3. The van der Waals surface area contributed by atoms with Gasteiger partial charge in [0.2, 0.25) is 29.5 Å². The second-order valence-corrected chi connectivity index (χ2v) is 8.69. The molecule has 1 rings (SSSR count). The molecular formula is C22H34N6O6. The van der Waals surface area contributed by atoms with Crippen molar-refractivity contribution in [3.63, 3.8) is 0 Å². The second kappa shape index (κ2) is 13.1. The van der Waals surface area contributed by atoms with Crippen molar-refractivity contribution in [2.24, 2.45) is 17.2 Å². The van der Waals surface area contributed by atoms with Crippen LogP contribution in [0.15, 0.2) is 24.3 Å². The van der Waals surface area contributed by atoms with E-state index in [9.17, 15) is 24.0 Å².